The molecule has 0 aliphatic rings. The lowest BCUT2D eigenvalue weighted by atomic mass is 9.99. The molecule has 2 nitrogen and oxygen atoms in total. The molecule has 2 aromatic carbocycles. The molecular formula is C16H15F2NO. The molecule has 0 saturated carbocycles. The van der Waals surface area contributed by atoms with E-state index in [4.69, 9.17) is 4.84 Å². The number of oxime groups is 1. The molecule has 0 aliphatic carbocycles. The fraction of sp³-hybridized carbons (Fsp3) is 0.188. The zero-order valence-electron chi connectivity index (χ0n) is 11.4. The third-order valence-corrected chi connectivity index (χ3v) is 2.91. The zero-order chi connectivity index (χ0) is 14.5. The Kier molecular flexibility index (Phi) is 4.45. The fourth-order valence-corrected chi connectivity index (χ4v) is 1.87. The summed E-state index contributed by atoms with van der Waals surface area (Å²) >= 11 is 0. The van der Waals surface area contributed by atoms with Crippen LogP contribution in [0.25, 0.3) is 11.1 Å². The summed E-state index contributed by atoms with van der Waals surface area (Å²) < 4.78 is 27.2. The molecular weight excluding hydrogens is 260 g/mol. The molecule has 4 heteroatoms. The van der Waals surface area contributed by atoms with Crippen molar-refractivity contribution in [3.8, 4) is 11.1 Å². The largest absolute Gasteiger partial charge is 0.396 e. The van der Waals surface area contributed by atoms with Gasteiger partial charge in [-0.1, -0.05) is 17.3 Å². The van der Waals surface area contributed by atoms with Gasteiger partial charge in [0.1, 0.15) is 18.2 Å². The summed E-state index contributed by atoms with van der Waals surface area (Å²) in [6.45, 7) is 4.08. The molecule has 0 bridgehead atoms. The predicted molar refractivity (Wildman–Crippen MR) is 75.8 cm³/mol. The molecule has 0 radical (unpaired) electrons. The van der Waals surface area contributed by atoms with E-state index in [9.17, 15) is 8.78 Å². The zero-order valence-corrected chi connectivity index (χ0v) is 11.4. The second kappa shape index (κ2) is 6.28. The molecule has 104 valence electrons. The van der Waals surface area contributed by atoms with E-state index < -0.39 is 5.82 Å². The van der Waals surface area contributed by atoms with Crippen LogP contribution < -0.4 is 0 Å². The number of halogens is 2. The van der Waals surface area contributed by atoms with E-state index in [1.165, 1.54) is 24.4 Å². The lowest BCUT2D eigenvalue weighted by molar-refractivity contribution is 0.160. The van der Waals surface area contributed by atoms with Crippen LogP contribution in [0.1, 0.15) is 18.1 Å². The van der Waals surface area contributed by atoms with Gasteiger partial charge in [0, 0.05) is 5.56 Å². The van der Waals surface area contributed by atoms with Crippen molar-refractivity contribution in [2.24, 2.45) is 5.16 Å². The second-order valence-corrected chi connectivity index (χ2v) is 4.35. The Bertz CT molecular complexity index is 638. The van der Waals surface area contributed by atoms with Crippen molar-refractivity contribution in [2.75, 3.05) is 6.61 Å². The lowest BCUT2D eigenvalue weighted by Gasteiger charge is -2.07. The number of hydrogen-bond acceptors (Lipinski definition) is 2. The Labute approximate surface area is 116 Å². The number of rotatable bonds is 4. The van der Waals surface area contributed by atoms with Crippen LogP contribution >= 0.6 is 0 Å². The van der Waals surface area contributed by atoms with Crippen LogP contribution in [-0.2, 0) is 4.84 Å². The van der Waals surface area contributed by atoms with Gasteiger partial charge in [0.2, 0.25) is 0 Å². The van der Waals surface area contributed by atoms with E-state index in [0.29, 0.717) is 23.3 Å². The third kappa shape index (κ3) is 3.20. The maximum absolute atomic E-state index is 14.0. The van der Waals surface area contributed by atoms with Gasteiger partial charge in [0.15, 0.2) is 0 Å². The minimum Gasteiger partial charge on any atom is -0.396 e. The molecule has 0 saturated heterocycles. The smallest absolute Gasteiger partial charge is 0.132 e. The average molecular weight is 275 g/mol. The quantitative estimate of drug-likeness (QED) is 0.602. The number of hydrogen-bond donors (Lipinski definition) is 0. The summed E-state index contributed by atoms with van der Waals surface area (Å²) in [6, 6.07) is 9.16. The van der Waals surface area contributed by atoms with Gasteiger partial charge in [0.25, 0.3) is 0 Å². The van der Waals surface area contributed by atoms with Crippen LogP contribution in [0.3, 0.4) is 0 Å². The highest BCUT2D eigenvalue weighted by Crippen LogP contribution is 2.25. The Morgan fingerprint density at radius 3 is 2.65 bits per heavy atom. The second-order valence-electron chi connectivity index (χ2n) is 4.35. The van der Waals surface area contributed by atoms with Crippen LogP contribution in [0.5, 0.6) is 0 Å². The van der Waals surface area contributed by atoms with Crippen molar-refractivity contribution < 1.29 is 13.6 Å². The highest BCUT2D eigenvalue weighted by Gasteiger charge is 2.07. The van der Waals surface area contributed by atoms with Gasteiger partial charge in [-0.3, -0.25) is 0 Å². The van der Waals surface area contributed by atoms with Crippen LogP contribution in [0.15, 0.2) is 41.6 Å². The summed E-state index contributed by atoms with van der Waals surface area (Å²) in [6.07, 6.45) is 1.32. The number of nitrogens with zero attached hydrogens (tertiary/aromatic N) is 1. The van der Waals surface area contributed by atoms with Crippen molar-refractivity contribution in [1.29, 1.82) is 0 Å². The van der Waals surface area contributed by atoms with Gasteiger partial charge < -0.3 is 4.84 Å². The van der Waals surface area contributed by atoms with Gasteiger partial charge in [-0.05, 0) is 54.8 Å². The first kappa shape index (κ1) is 14.2. The van der Waals surface area contributed by atoms with Gasteiger partial charge >= 0.3 is 0 Å². The van der Waals surface area contributed by atoms with E-state index in [1.54, 1.807) is 25.1 Å². The Morgan fingerprint density at radius 1 is 1.15 bits per heavy atom. The standard InChI is InChI=1S/C16H15F2NO/c1-3-20-19-10-13-6-5-12(8-16(13)18)15-9-14(17)7-4-11(15)2/h4-10H,3H2,1-2H3. The first-order chi connectivity index (χ1) is 9.61. The van der Waals surface area contributed by atoms with Crippen LogP contribution in [0, 0.1) is 18.6 Å². The molecule has 0 atom stereocenters. The summed E-state index contributed by atoms with van der Waals surface area (Å²) in [4.78, 5) is 4.80. The van der Waals surface area contributed by atoms with Gasteiger partial charge in [-0.15, -0.1) is 0 Å². The van der Waals surface area contributed by atoms with Gasteiger partial charge in [0.05, 0.1) is 6.21 Å². The summed E-state index contributed by atoms with van der Waals surface area (Å²) in [7, 11) is 0. The molecule has 0 fully saturated rings. The average Bonchev–Trinajstić information content (AvgIpc) is 2.43. The van der Waals surface area contributed by atoms with Crippen molar-refractivity contribution in [3.05, 3.63) is 59.2 Å². The van der Waals surface area contributed by atoms with Crippen molar-refractivity contribution in [3.63, 3.8) is 0 Å². The minimum absolute atomic E-state index is 0.330. The molecule has 0 spiro atoms. The Morgan fingerprint density at radius 2 is 1.95 bits per heavy atom. The number of benzene rings is 2. The maximum Gasteiger partial charge on any atom is 0.132 e. The van der Waals surface area contributed by atoms with Crippen LogP contribution in [-0.4, -0.2) is 12.8 Å². The summed E-state index contributed by atoms with van der Waals surface area (Å²) in [5.74, 6) is -0.761. The van der Waals surface area contributed by atoms with E-state index in [2.05, 4.69) is 5.16 Å². The first-order valence-corrected chi connectivity index (χ1v) is 6.33. The van der Waals surface area contributed by atoms with Crippen molar-refractivity contribution >= 4 is 6.21 Å². The van der Waals surface area contributed by atoms with E-state index in [0.717, 1.165) is 5.56 Å². The number of aryl methyl sites for hydroxylation is 1. The first-order valence-electron chi connectivity index (χ1n) is 6.33. The fourth-order valence-electron chi connectivity index (χ4n) is 1.87. The van der Waals surface area contributed by atoms with E-state index >= 15 is 0 Å². The molecule has 0 amide bonds. The molecule has 0 unspecified atom stereocenters. The Hall–Kier alpha value is -2.23. The molecule has 0 aromatic heterocycles. The monoisotopic (exact) mass is 275 g/mol. The normalized spacial score (nSPS) is 11.0. The maximum atomic E-state index is 14.0. The molecule has 2 rings (SSSR count). The molecule has 0 heterocycles. The topological polar surface area (TPSA) is 21.6 Å². The van der Waals surface area contributed by atoms with Crippen molar-refractivity contribution in [1.82, 2.24) is 0 Å². The predicted octanol–water partition coefficient (Wildman–Crippen LogP) is 4.31. The summed E-state index contributed by atoms with van der Waals surface area (Å²) in [5.41, 5.74) is 2.53. The summed E-state index contributed by atoms with van der Waals surface area (Å²) in [5, 5.41) is 3.63. The van der Waals surface area contributed by atoms with E-state index in [-0.39, 0.29) is 5.82 Å². The van der Waals surface area contributed by atoms with Crippen LogP contribution in [0.2, 0.25) is 0 Å². The van der Waals surface area contributed by atoms with Crippen molar-refractivity contribution in [2.45, 2.75) is 13.8 Å². The van der Waals surface area contributed by atoms with Crippen LogP contribution in [0.4, 0.5) is 8.78 Å². The highest BCUT2D eigenvalue weighted by atomic mass is 19.1. The molecule has 2 aromatic rings. The minimum atomic E-state index is -0.422. The molecule has 0 N–H and O–H groups in total. The molecule has 0 aliphatic heterocycles. The van der Waals surface area contributed by atoms with Gasteiger partial charge in [-0.25, -0.2) is 8.78 Å². The highest BCUT2D eigenvalue weighted by molar-refractivity contribution is 5.81. The van der Waals surface area contributed by atoms with Gasteiger partial charge in [-0.2, -0.15) is 0 Å². The van der Waals surface area contributed by atoms with E-state index in [1.807, 2.05) is 6.92 Å². The molecule has 20 heavy (non-hydrogen) atoms. The SMILES string of the molecule is CCON=Cc1ccc(-c2cc(F)ccc2C)cc1F. The Balaban J connectivity index is 2.35. The third-order valence-electron chi connectivity index (χ3n) is 2.91. The lowest BCUT2D eigenvalue weighted by Crippen LogP contribution is -1.92.